The van der Waals surface area contributed by atoms with E-state index in [-0.39, 0.29) is 52.5 Å². The minimum atomic E-state index is -2.32. The third kappa shape index (κ3) is 15.2. The molecule has 8 amide bonds. The number of amides is 8. The molecule has 11 bridgehead atoms. The number of aliphatic hydroxyl groups is 5. The molecule has 0 saturated carbocycles. The van der Waals surface area contributed by atoms with Gasteiger partial charge in [-0.05, 0) is 123 Å². The van der Waals surface area contributed by atoms with Crippen LogP contribution in [-0.2, 0) is 57.3 Å². The normalized spacial score (nSPS) is 29.5. The highest BCUT2D eigenvalue weighted by Crippen LogP contribution is 2.50. The highest BCUT2D eigenvalue weighted by molar-refractivity contribution is 6.32. The lowest BCUT2D eigenvalue weighted by Crippen LogP contribution is -2.63. The van der Waals surface area contributed by atoms with Crippen LogP contribution < -0.4 is 62.5 Å². The molecule has 5 aromatic carbocycles. The zero-order valence-corrected chi connectivity index (χ0v) is 56.5. The number of primary amides is 1. The number of nitrogens with one attached hydrogen (secondary N) is 8. The third-order valence-electron chi connectivity index (χ3n) is 18.6. The Hall–Kier alpha value is -10.1. The van der Waals surface area contributed by atoms with Gasteiger partial charge in [-0.1, -0.05) is 43.6 Å². The number of carbonyl (C=O) groups is 9. The molecule has 0 spiro atoms. The van der Waals surface area contributed by atoms with Crippen molar-refractivity contribution in [2.24, 2.45) is 11.7 Å². The van der Waals surface area contributed by atoms with Crippen molar-refractivity contribution < 1.29 is 122 Å². The van der Waals surface area contributed by atoms with Crippen LogP contribution in [0.2, 0.25) is 5.02 Å². The minimum Gasteiger partial charge on any atom is -0.508 e. The van der Waals surface area contributed by atoms with E-state index < -0.39 is 237 Å². The number of likely N-dealkylation sites (N-methyl/N-ethyl adjacent to an activating group) is 1. The van der Waals surface area contributed by atoms with Gasteiger partial charge in [0, 0.05) is 29.2 Å². The Morgan fingerprint density at radius 3 is 2.04 bits per heavy atom. The number of alkyl carbamates (subject to hydrolysis) is 1. The summed E-state index contributed by atoms with van der Waals surface area (Å²) < 4.78 is 44.5. The summed E-state index contributed by atoms with van der Waals surface area (Å²) in [6.07, 6.45) is -18.4. The second-order valence-electron chi connectivity index (χ2n) is 26.5. The number of benzene rings is 5. The molecule has 0 radical (unpaired) electrons. The molecule has 103 heavy (non-hydrogen) atoms. The maximum atomic E-state index is 16.1. The molecule has 34 nitrogen and oxygen atoms in total. The van der Waals surface area contributed by atoms with Gasteiger partial charge >= 0.3 is 12.1 Å². The molecule has 0 aliphatic carbocycles. The van der Waals surface area contributed by atoms with Crippen molar-refractivity contribution in [3.63, 3.8) is 0 Å². The number of aromatic hydroxyl groups is 3. The topological polar surface area (TPSA) is 523 Å². The molecule has 13 rings (SSSR count). The predicted molar refractivity (Wildman–Crippen MR) is 352 cm³/mol. The SMILES string of the molecule is CN[C@H](CC(C)C)C(=O)N[C@H]1C(=O)N[C@@H](CC(N)=O)C(=O)N[C@H]2C(=O)N[C@H]3C(=O)N[C@H](C(=O)N[C@H](C(=O)O)c4cc(O)cc(O)c4-c4cc3ccc4O)[C@H](O)c3ccc(c(Cl)c3)Oc3cc2cc(c3O[C@@H]2O[C@H](CO)[C@@H](O)[C@H](O)[C@H]2O[C@H]2C[C@]3(C)NC(=O)O[C@@H]3[C@H](C)O2)Oc2ccc(cc2C)[C@H]1O. The fourth-order valence-corrected chi connectivity index (χ4v) is 13.6. The quantitative estimate of drug-likeness (QED) is 0.0765. The van der Waals surface area contributed by atoms with Crippen LogP contribution in [0, 0.1) is 12.8 Å². The third-order valence-corrected chi connectivity index (χ3v) is 18.9. The number of nitrogens with two attached hydrogens (primary N) is 1. The van der Waals surface area contributed by atoms with Crippen LogP contribution in [0.3, 0.4) is 0 Å². The Morgan fingerprint density at radius 1 is 0.738 bits per heavy atom. The number of ether oxygens (including phenoxy) is 7. The highest BCUT2D eigenvalue weighted by Gasteiger charge is 2.56. The predicted octanol–water partition coefficient (Wildman–Crippen LogP) is 0.550. The van der Waals surface area contributed by atoms with Gasteiger partial charge in [-0.25, -0.2) is 9.59 Å². The minimum absolute atomic E-state index is 0.0323. The summed E-state index contributed by atoms with van der Waals surface area (Å²) >= 11 is 7.08. The number of fused-ring (bicyclic) bond motifs is 16. The number of carboxylic acids is 1. The van der Waals surface area contributed by atoms with Crippen molar-refractivity contribution in [2.45, 2.75) is 163 Å². The van der Waals surface area contributed by atoms with Gasteiger partial charge in [-0.3, -0.25) is 33.6 Å². The number of phenols is 3. The van der Waals surface area contributed by atoms with E-state index in [0.29, 0.717) is 0 Å². The zero-order valence-electron chi connectivity index (χ0n) is 55.7. The molecule has 550 valence electrons. The largest absolute Gasteiger partial charge is 0.508 e. The molecule has 0 aromatic heterocycles. The van der Waals surface area contributed by atoms with Crippen LogP contribution in [-0.4, -0.2) is 192 Å². The van der Waals surface area contributed by atoms with Crippen molar-refractivity contribution in [1.82, 2.24) is 42.5 Å². The van der Waals surface area contributed by atoms with E-state index in [1.54, 1.807) is 13.8 Å². The number of aliphatic carboxylic acids is 1. The van der Waals surface area contributed by atoms with E-state index in [1.165, 1.54) is 32.2 Å². The fourth-order valence-electron chi connectivity index (χ4n) is 13.4. The first-order valence-electron chi connectivity index (χ1n) is 32.5. The molecule has 3 saturated heterocycles. The lowest BCUT2D eigenvalue weighted by atomic mass is 9.86. The Labute approximate surface area is 590 Å². The molecule has 18 atom stereocenters. The van der Waals surface area contributed by atoms with E-state index in [2.05, 4.69) is 42.5 Å². The zero-order chi connectivity index (χ0) is 74.5. The van der Waals surface area contributed by atoms with Gasteiger partial charge < -0.3 is 127 Å². The number of rotatable bonds is 13. The van der Waals surface area contributed by atoms with Crippen LogP contribution in [0.25, 0.3) is 11.1 Å². The molecule has 8 aliphatic heterocycles. The monoisotopic (exact) mass is 1450 g/mol. The molecule has 35 heteroatoms. The molecule has 8 heterocycles. The maximum absolute atomic E-state index is 16.1. The maximum Gasteiger partial charge on any atom is 0.408 e. The van der Waals surface area contributed by atoms with Crippen LogP contribution in [0.15, 0.2) is 78.9 Å². The van der Waals surface area contributed by atoms with Crippen molar-refractivity contribution in [1.29, 1.82) is 0 Å². The first-order chi connectivity index (χ1) is 48.7. The first kappa shape index (κ1) is 74.1. The molecular weight excluding hydrogens is 1380 g/mol. The summed E-state index contributed by atoms with van der Waals surface area (Å²) in [6.45, 7) is 7.46. The van der Waals surface area contributed by atoms with Gasteiger partial charge in [-0.2, -0.15) is 0 Å². The highest BCUT2D eigenvalue weighted by atomic mass is 35.5. The number of halogens is 1. The number of phenolic OH excluding ortho intramolecular Hbond substituents is 3. The second-order valence-corrected chi connectivity index (χ2v) is 26.9. The molecule has 0 unspecified atom stereocenters. The van der Waals surface area contributed by atoms with Crippen LogP contribution in [0.1, 0.15) is 111 Å². The van der Waals surface area contributed by atoms with Gasteiger partial charge in [0.25, 0.3) is 0 Å². The van der Waals surface area contributed by atoms with Gasteiger partial charge in [0.05, 0.1) is 35.7 Å². The number of hydrogen-bond donors (Lipinski definition) is 18. The Kier molecular flexibility index (Phi) is 21.3. The molecular formula is C68H76ClN9O25. The Morgan fingerprint density at radius 2 is 1.39 bits per heavy atom. The first-order valence-corrected chi connectivity index (χ1v) is 32.9. The van der Waals surface area contributed by atoms with E-state index in [0.717, 1.165) is 60.7 Å². The molecule has 3 fully saturated rings. The summed E-state index contributed by atoms with van der Waals surface area (Å²) in [7, 11) is 1.49. The van der Waals surface area contributed by atoms with E-state index in [4.69, 9.17) is 50.5 Å². The van der Waals surface area contributed by atoms with Crippen LogP contribution in [0.5, 0.6) is 46.0 Å². The number of carboxylic acid groups (broad SMARTS) is 1. The summed E-state index contributed by atoms with van der Waals surface area (Å²) in [6, 6.07) is 0.132. The van der Waals surface area contributed by atoms with E-state index in [1.807, 2.05) is 13.8 Å². The molecule has 5 aromatic rings. The lowest BCUT2D eigenvalue weighted by Gasteiger charge is -2.46. The van der Waals surface area contributed by atoms with E-state index in [9.17, 15) is 74.7 Å². The second kappa shape index (κ2) is 29.7. The van der Waals surface area contributed by atoms with Crippen molar-refractivity contribution in [2.75, 3.05) is 13.7 Å². The average Bonchev–Trinajstić information content (AvgIpc) is 1.75. The van der Waals surface area contributed by atoms with Gasteiger partial charge in [0.2, 0.25) is 53.4 Å². The molecule has 8 aliphatic rings. The Balaban J connectivity index is 1.15. The number of carbonyl (C=O) groups excluding carboxylic acids is 8. The van der Waals surface area contributed by atoms with Crippen LogP contribution >= 0.6 is 11.6 Å². The lowest BCUT2D eigenvalue weighted by molar-refractivity contribution is -0.332. The molecule has 19 N–H and O–H groups in total. The summed E-state index contributed by atoms with van der Waals surface area (Å²) in [5.74, 6) is -15.4. The fraction of sp³-hybridized carbons (Fsp3) is 0.426. The number of hydrogen-bond acceptors (Lipinski definition) is 25. The van der Waals surface area contributed by atoms with Crippen molar-refractivity contribution in [3.8, 4) is 57.1 Å². The smallest absolute Gasteiger partial charge is 0.408 e. The summed E-state index contributed by atoms with van der Waals surface area (Å²) in [5, 5.41) is 123. The number of aliphatic hydroxyl groups excluding tert-OH is 5. The van der Waals surface area contributed by atoms with E-state index >= 15 is 14.4 Å². The van der Waals surface area contributed by atoms with Gasteiger partial charge in [-0.15, -0.1) is 0 Å². The standard InChI is InChI=1S/C68H76ClN9O25/c1-24(2)13-35(71-6)59(88)76-50-52(84)28-8-11-39(25(3)14-28)98-41-17-30-18-42(56(41)102-66-57(55(87)54(86)43(23-79)100-66)101-45-22-68(5)58(26(4)97-45)103-67(96)78-68)99-40-12-9-29(16-34(40)69)53(85)51-64(93)75-49(65(94)95)33-19-31(80)20-38(82)46(33)32-15-27(7-10-37(32)81)47(61(90)77-51)74-62(91)48(30)73-60(89)36(21-44(70)83)72-63(50)92/h7-12,14-20,24,26,35-36,43,45,47-55,57-58,66,71,79-82,84-87H,13,21-23H2,1-6H3,(H2,70,83)(H,72,92)(H,73,89)(H,74,91)(H,75,93)(H,76,88)(H,77,90)(H,78,96)(H,94,95)/t26-,35+,36-,43+,45-,47+,48+,49-,50+,51-,52+,53+,54+,55-,57+,58+,66-,68-/m0/s1. The average molecular weight is 1450 g/mol. The van der Waals surface area contributed by atoms with Gasteiger partial charge in [0.1, 0.15) is 89.5 Å². The van der Waals surface area contributed by atoms with Crippen molar-refractivity contribution >= 4 is 65.0 Å². The van der Waals surface area contributed by atoms with Gasteiger partial charge in [0.15, 0.2) is 36.0 Å². The van der Waals surface area contributed by atoms with Crippen LogP contribution in [0.4, 0.5) is 4.79 Å². The summed E-state index contributed by atoms with van der Waals surface area (Å²) in [5.41, 5.74) is 2.17. The summed E-state index contributed by atoms with van der Waals surface area (Å²) in [4.78, 5) is 130. The van der Waals surface area contributed by atoms with Crippen molar-refractivity contribution in [3.05, 3.63) is 117 Å². The number of aryl methyl sites for hydroxylation is 1. The Bertz CT molecular complexity index is 4220.